The molecule has 1 aromatic rings. The Morgan fingerprint density at radius 2 is 1.89 bits per heavy atom. The molecule has 0 saturated carbocycles. The second-order valence-corrected chi connectivity index (χ2v) is 5.54. The number of hydrogen-bond acceptors (Lipinski definition) is 4. The highest BCUT2D eigenvalue weighted by Crippen LogP contribution is 2.22. The van der Waals surface area contributed by atoms with E-state index in [1.54, 1.807) is 23.9 Å². The topological polar surface area (TPSA) is 52.5 Å². The van der Waals surface area contributed by atoms with Gasteiger partial charge in [-0.2, -0.15) is 11.8 Å². The van der Waals surface area contributed by atoms with Gasteiger partial charge in [-0.15, -0.1) is 0 Å². The first-order valence-corrected chi connectivity index (χ1v) is 7.59. The first kappa shape index (κ1) is 15.3. The van der Waals surface area contributed by atoms with Crippen LogP contribution in [0.3, 0.4) is 0 Å². The number of benzene rings is 1. The lowest BCUT2D eigenvalue weighted by molar-refractivity contribution is 0.269. The molecule has 0 aliphatic carbocycles. The largest absolute Gasteiger partial charge is 0.508 e. The molecule has 0 spiro atoms. The number of aliphatic hydroxyl groups excluding tert-OH is 1. The number of phenols is 1. The van der Waals surface area contributed by atoms with Crippen molar-refractivity contribution < 1.29 is 10.2 Å². The summed E-state index contributed by atoms with van der Waals surface area (Å²) in [5.41, 5.74) is 1.17. The van der Waals surface area contributed by atoms with Crippen molar-refractivity contribution >= 4 is 11.8 Å². The van der Waals surface area contributed by atoms with E-state index in [0.717, 1.165) is 6.42 Å². The van der Waals surface area contributed by atoms with E-state index >= 15 is 0 Å². The van der Waals surface area contributed by atoms with Crippen LogP contribution >= 0.6 is 11.8 Å². The molecule has 0 aliphatic rings. The van der Waals surface area contributed by atoms with E-state index in [2.05, 4.69) is 19.2 Å². The van der Waals surface area contributed by atoms with Gasteiger partial charge in [0.05, 0.1) is 6.61 Å². The van der Waals surface area contributed by atoms with Gasteiger partial charge in [0.15, 0.2) is 0 Å². The predicted molar refractivity (Wildman–Crippen MR) is 78.1 cm³/mol. The monoisotopic (exact) mass is 269 g/mol. The second-order valence-electron chi connectivity index (χ2n) is 4.46. The van der Waals surface area contributed by atoms with E-state index in [0.29, 0.717) is 5.75 Å². The molecular formula is C14H23NO2S. The van der Waals surface area contributed by atoms with Crippen molar-refractivity contribution in [2.45, 2.75) is 37.6 Å². The summed E-state index contributed by atoms with van der Waals surface area (Å²) in [5, 5.41) is 22.3. The Kier molecular flexibility index (Phi) is 6.54. The highest BCUT2D eigenvalue weighted by Gasteiger charge is 2.19. The van der Waals surface area contributed by atoms with Crippen LogP contribution in [-0.2, 0) is 0 Å². The number of rotatable bonds is 7. The van der Waals surface area contributed by atoms with Gasteiger partial charge in [-0.3, -0.25) is 0 Å². The number of aliphatic hydroxyl groups is 1. The molecule has 18 heavy (non-hydrogen) atoms. The highest BCUT2D eigenvalue weighted by atomic mass is 32.2. The van der Waals surface area contributed by atoms with Gasteiger partial charge >= 0.3 is 0 Å². The first-order valence-electron chi connectivity index (χ1n) is 6.31. The molecule has 0 saturated heterocycles. The van der Waals surface area contributed by atoms with Gasteiger partial charge in [0.2, 0.25) is 0 Å². The van der Waals surface area contributed by atoms with E-state index < -0.39 is 0 Å². The molecule has 102 valence electrons. The minimum Gasteiger partial charge on any atom is -0.508 e. The zero-order chi connectivity index (χ0) is 13.5. The van der Waals surface area contributed by atoms with Gasteiger partial charge in [-0.1, -0.05) is 19.1 Å². The third kappa shape index (κ3) is 4.19. The number of hydrogen-bond donors (Lipinski definition) is 3. The molecule has 1 rings (SSSR count). The fourth-order valence-electron chi connectivity index (χ4n) is 2.02. The predicted octanol–water partition coefficient (Wildman–Crippen LogP) is 2.55. The van der Waals surface area contributed by atoms with Gasteiger partial charge in [0.1, 0.15) is 5.75 Å². The molecule has 3 N–H and O–H groups in total. The Labute approximate surface area is 114 Å². The van der Waals surface area contributed by atoms with Crippen LogP contribution in [-0.4, -0.2) is 34.4 Å². The summed E-state index contributed by atoms with van der Waals surface area (Å²) >= 11 is 1.68. The minimum absolute atomic E-state index is 0.182. The first-order chi connectivity index (χ1) is 8.62. The Morgan fingerprint density at radius 3 is 2.33 bits per heavy atom. The van der Waals surface area contributed by atoms with Crippen molar-refractivity contribution in [1.82, 2.24) is 5.32 Å². The second kappa shape index (κ2) is 7.67. The fourth-order valence-corrected chi connectivity index (χ4v) is 2.65. The van der Waals surface area contributed by atoms with Gasteiger partial charge < -0.3 is 15.5 Å². The van der Waals surface area contributed by atoms with Gasteiger partial charge in [-0.25, -0.2) is 0 Å². The molecule has 3 nitrogen and oxygen atoms in total. The third-order valence-electron chi connectivity index (χ3n) is 3.21. The van der Waals surface area contributed by atoms with Crippen LogP contribution in [0.5, 0.6) is 5.75 Å². The van der Waals surface area contributed by atoms with Gasteiger partial charge in [-0.05, 0) is 37.3 Å². The summed E-state index contributed by atoms with van der Waals surface area (Å²) in [6.45, 7) is 4.41. The number of phenolic OH excluding ortho intramolecular Hbond substituents is 1. The van der Waals surface area contributed by atoms with E-state index in [9.17, 15) is 10.2 Å². The van der Waals surface area contributed by atoms with Crippen LogP contribution in [0.4, 0.5) is 0 Å². The molecule has 0 bridgehead atoms. The minimum atomic E-state index is 0.182. The summed E-state index contributed by atoms with van der Waals surface area (Å²) in [4.78, 5) is 0. The van der Waals surface area contributed by atoms with E-state index in [1.807, 2.05) is 18.4 Å². The molecule has 0 fully saturated rings. The molecule has 0 aliphatic heterocycles. The highest BCUT2D eigenvalue weighted by molar-refractivity contribution is 7.99. The van der Waals surface area contributed by atoms with Crippen LogP contribution < -0.4 is 5.32 Å². The number of thioether (sulfide) groups is 1. The maximum Gasteiger partial charge on any atom is 0.115 e. The zero-order valence-corrected chi connectivity index (χ0v) is 12.1. The van der Waals surface area contributed by atoms with Crippen molar-refractivity contribution in [3.05, 3.63) is 29.8 Å². The Bertz CT molecular complexity index is 338. The zero-order valence-electron chi connectivity index (χ0n) is 11.3. The molecular weight excluding hydrogens is 246 g/mol. The maximum atomic E-state index is 9.30. The van der Waals surface area contributed by atoms with Crippen molar-refractivity contribution in [3.8, 4) is 5.75 Å². The lowest BCUT2D eigenvalue weighted by atomic mass is 10.0. The fraction of sp³-hybridized carbons (Fsp3) is 0.571. The van der Waals surface area contributed by atoms with Crippen LogP contribution in [0.15, 0.2) is 24.3 Å². The Morgan fingerprint density at radius 1 is 1.28 bits per heavy atom. The molecule has 0 radical (unpaired) electrons. The van der Waals surface area contributed by atoms with Gasteiger partial charge in [0, 0.05) is 17.3 Å². The van der Waals surface area contributed by atoms with E-state index in [4.69, 9.17) is 0 Å². The summed E-state index contributed by atoms with van der Waals surface area (Å²) in [6.07, 6.45) is 2.99. The summed E-state index contributed by atoms with van der Waals surface area (Å²) in [6, 6.07) is 7.79. The normalized spacial score (nSPS) is 16.2. The standard InChI is InChI=1S/C14H23NO2S/c1-4-13(11-5-7-12(17)8-6-11)15-10(2)14(9-16)18-3/h5-8,10,13-17H,4,9H2,1-3H3. The van der Waals surface area contributed by atoms with Crippen LogP contribution in [0.1, 0.15) is 31.9 Å². The SMILES string of the molecule is CCC(NC(C)C(CO)SC)c1ccc(O)cc1. The number of nitrogens with one attached hydrogen (secondary N) is 1. The molecule has 3 unspecified atom stereocenters. The van der Waals surface area contributed by atoms with E-state index in [1.165, 1.54) is 5.56 Å². The van der Waals surface area contributed by atoms with Crippen molar-refractivity contribution in [2.75, 3.05) is 12.9 Å². The van der Waals surface area contributed by atoms with Crippen molar-refractivity contribution in [2.24, 2.45) is 0 Å². The quantitative estimate of drug-likeness (QED) is 0.712. The summed E-state index contributed by atoms with van der Waals surface area (Å²) in [7, 11) is 0. The average Bonchev–Trinajstić information content (AvgIpc) is 2.38. The molecule has 1 aromatic carbocycles. The average molecular weight is 269 g/mol. The lowest BCUT2D eigenvalue weighted by Crippen LogP contribution is -2.39. The van der Waals surface area contributed by atoms with Crippen molar-refractivity contribution in [3.63, 3.8) is 0 Å². The molecule has 0 heterocycles. The lowest BCUT2D eigenvalue weighted by Gasteiger charge is -2.27. The summed E-state index contributed by atoms with van der Waals surface area (Å²) < 4.78 is 0. The maximum absolute atomic E-state index is 9.30. The van der Waals surface area contributed by atoms with Crippen molar-refractivity contribution in [1.29, 1.82) is 0 Å². The molecule has 0 aromatic heterocycles. The van der Waals surface area contributed by atoms with Crippen LogP contribution in [0.25, 0.3) is 0 Å². The van der Waals surface area contributed by atoms with E-state index in [-0.39, 0.29) is 23.9 Å². The van der Waals surface area contributed by atoms with Gasteiger partial charge in [0.25, 0.3) is 0 Å². The Hall–Kier alpha value is -0.710. The van der Waals surface area contributed by atoms with Crippen LogP contribution in [0.2, 0.25) is 0 Å². The number of aromatic hydroxyl groups is 1. The third-order valence-corrected chi connectivity index (χ3v) is 4.37. The molecule has 0 amide bonds. The Balaban J connectivity index is 2.69. The van der Waals surface area contributed by atoms with Crippen LogP contribution in [0, 0.1) is 0 Å². The summed E-state index contributed by atoms with van der Waals surface area (Å²) in [5.74, 6) is 0.291. The molecule has 3 atom stereocenters. The molecule has 4 heteroatoms. The smallest absolute Gasteiger partial charge is 0.115 e.